The van der Waals surface area contributed by atoms with Crippen LogP contribution in [0.3, 0.4) is 0 Å². The fourth-order valence-electron chi connectivity index (χ4n) is 4.05. The lowest BCUT2D eigenvalue weighted by atomic mass is 10.1. The number of halogens is 2. The van der Waals surface area contributed by atoms with E-state index in [9.17, 15) is 4.79 Å². The van der Waals surface area contributed by atoms with Crippen LogP contribution in [0.1, 0.15) is 34.5 Å². The Kier molecular flexibility index (Phi) is 6.90. The number of aryl methyl sites for hydroxylation is 1. The average molecular weight is 522 g/mol. The molecule has 0 spiro atoms. The molecule has 1 heterocycles. The van der Waals surface area contributed by atoms with E-state index in [1.807, 2.05) is 60.4 Å². The lowest BCUT2D eigenvalue weighted by Crippen LogP contribution is -2.32. The third-order valence-corrected chi connectivity index (χ3v) is 6.62. The first-order valence-electron chi connectivity index (χ1n) is 11.7. The predicted molar refractivity (Wildman–Crippen MR) is 141 cm³/mol. The Morgan fingerprint density at radius 2 is 1.69 bits per heavy atom. The van der Waals surface area contributed by atoms with E-state index >= 15 is 0 Å². The van der Waals surface area contributed by atoms with E-state index in [0.29, 0.717) is 33.8 Å². The zero-order valence-corrected chi connectivity index (χ0v) is 21.5. The van der Waals surface area contributed by atoms with Gasteiger partial charge in [0, 0.05) is 21.7 Å². The summed E-state index contributed by atoms with van der Waals surface area (Å²) in [5.41, 5.74) is 2.97. The molecule has 184 valence electrons. The van der Waals surface area contributed by atoms with Crippen molar-refractivity contribution in [2.45, 2.75) is 32.4 Å². The summed E-state index contributed by atoms with van der Waals surface area (Å²) in [5.74, 6) is 1.85. The predicted octanol–water partition coefficient (Wildman–Crippen LogP) is 7.09. The molecule has 0 N–H and O–H groups in total. The molecular weight excluding hydrogens is 497 g/mol. The van der Waals surface area contributed by atoms with Crippen molar-refractivity contribution in [2.75, 3.05) is 7.11 Å². The summed E-state index contributed by atoms with van der Waals surface area (Å²) in [6, 6.07) is 21.9. The zero-order valence-electron chi connectivity index (χ0n) is 19.9. The summed E-state index contributed by atoms with van der Waals surface area (Å²) in [5, 5.41) is 5.97. The second kappa shape index (κ2) is 10.2. The van der Waals surface area contributed by atoms with Crippen LogP contribution in [0.15, 0.2) is 72.8 Å². The van der Waals surface area contributed by atoms with E-state index in [1.54, 1.807) is 36.1 Å². The Balaban J connectivity index is 1.54. The maximum absolute atomic E-state index is 13.5. The molecule has 1 aliphatic carbocycles. The highest BCUT2D eigenvalue weighted by molar-refractivity contribution is 6.31. The van der Waals surface area contributed by atoms with Crippen LogP contribution in [0.4, 0.5) is 0 Å². The second-order valence-corrected chi connectivity index (χ2v) is 9.58. The first-order chi connectivity index (χ1) is 17.4. The van der Waals surface area contributed by atoms with Crippen molar-refractivity contribution in [3.63, 3.8) is 0 Å². The van der Waals surface area contributed by atoms with Crippen LogP contribution in [-0.4, -0.2) is 33.7 Å². The lowest BCUT2D eigenvalue weighted by molar-refractivity contribution is 0.0729. The van der Waals surface area contributed by atoms with E-state index < -0.39 is 0 Å². The molecule has 0 atom stereocenters. The molecule has 0 saturated heterocycles. The molecule has 4 aromatic rings. The van der Waals surface area contributed by atoms with Gasteiger partial charge in [-0.25, -0.2) is 4.68 Å². The Labute approximate surface area is 220 Å². The Morgan fingerprint density at radius 3 is 2.33 bits per heavy atom. The van der Waals surface area contributed by atoms with Crippen LogP contribution < -0.4 is 9.47 Å². The maximum atomic E-state index is 13.5. The number of hydrogen-bond donors (Lipinski definition) is 0. The fourth-order valence-corrected chi connectivity index (χ4v) is 4.36. The molecule has 1 saturated carbocycles. The van der Waals surface area contributed by atoms with Gasteiger partial charge in [-0.1, -0.05) is 29.3 Å². The van der Waals surface area contributed by atoms with E-state index in [0.717, 1.165) is 35.5 Å². The van der Waals surface area contributed by atoms with Crippen molar-refractivity contribution >= 4 is 29.1 Å². The van der Waals surface area contributed by atoms with Crippen LogP contribution in [0.25, 0.3) is 5.69 Å². The van der Waals surface area contributed by atoms with Crippen LogP contribution >= 0.6 is 23.2 Å². The van der Waals surface area contributed by atoms with E-state index in [-0.39, 0.29) is 11.9 Å². The first kappa shape index (κ1) is 24.2. The van der Waals surface area contributed by atoms with Gasteiger partial charge in [-0.15, -0.1) is 0 Å². The van der Waals surface area contributed by atoms with Crippen LogP contribution in [-0.2, 0) is 6.54 Å². The summed E-state index contributed by atoms with van der Waals surface area (Å²) < 4.78 is 13.4. The maximum Gasteiger partial charge on any atom is 0.254 e. The molecule has 0 bridgehead atoms. The number of carbonyl (C=O) groups is 1. The Morgan fingerprint density at radius 1 is 1.00 bits per heavy atom. The molecule has 1 aliphatic rings. The van der Waals surface area contributed by atoms with E-state index in [4.69, 9.17) is 37.8 Å². The average Bonchev–Trinajstić information content (AvgIpc) is 3.68. The molecule has 0 aliphatic heterocycles. The number of nitrogens with zero attached hydrogens (tertiary/aromatic N) is 3. The molecule has 5 rings (SSSR count). The highest BCUT2D eigenvalue weighted by Gasteiger charge is 2.35. The number of benzene rings is 3. The highest BCUT2D eigenvalue weighted by atomic mass is 35.5. The van der Waals surface area contributed by atoms with Gasteiger partial charge in [-0.2, -0.15) is 5.10 Å². The number of carbonyl (C=O) groups excluding carboxylic acids is 1. The van der Waals surface area contributed by atoms with Gasteiger partial charge in [0.1, 0.15) is 11.5 Å². The molecule has 6 nitrogen and oxygen atoms in total. The molecule has 36 heavy (non-hydrogen) atoms. The first-order valence-corrected chi connectivity index (χ1v) is 12.4. The molecule has 1 amide bonds. The number of methoxy groups -OCH3 is 1. The number of hydrogen-bond acceptors (Lipinski definition) is 4. The van der Waals surface area contributed by atoms with Crippen LogP contribution in [0, 0.1) is 6.92 Å². The van der Waals surface area contributed by atoms with Crippen molar-refractivity contribution in [2.24, 2.45) is 0 Å². The van der Waals surface area contributed by atoms with Gasteiger partial charge in [0.05, 0.1) is 30.6 Å². The summed E-state index contributed by atoms with van der Waals surface area (Å²) in [7, 11) is 1.62. The molecule has 1 aromatic heterocycles. The van der Waals surface area contributed by atoms with Crippen LogP contribution in [0.2, 0.25) is 10.0 Å². The molecule has 3 aromatic carbocycles. The molecule has 8 heteroatoms. The Bertz CT molecular complexity index is 1380. The van der Waals surface area contributed by atoms with E-state index in [2.05, 4.69) is 0 Å². The van der Waals surface area contributed by atoms with Crippen molar-refractivity contribution in [1.29, 1.82) is 0 Å². The zero-order chi connectivity index (χ0) is 25.2. The fraction of sp³-hybridized carbons (Fsp3) is 0.214. The number of amides is 1. The number of rotatable bonds is 8. The van der Waals surface area contributed by atoms with Gasteiger partial charge >= 0.3 is 0 Å². The third-order valence-electron chi connectivity index (χ3n) is 6.13. The van der Waals surface area contributed by atoms with Gasteiger partial charge in [0.25, 0.3) is 5.91 Å². The Hall–Kier alpha value is -3.48. The van der Waals surface area contributed by atoms with Gasteiger partial charge < -0.3 is 14.4 Å². The largest absolute Gasteiger partial charge is 0.497 e. The van der Waals surface area contributed by atoms with Crippen molar-refractivity contribution in [3.05, 3.63) is 99.7 Å². The normalized spacial score (nSPS) is 12.9. The summed E-state index contributed by atoms with van der Waals surface area (Å²) in [6.45, 7) is 2.29. The number of ether oxygens (including phenoxy) is 2. The van der Waals surface area contributed by atoms with Crippen LogP contribution in [0.5, 0.6) is 17.4 Å². The van der Waals surface area contributed by atoms with Crippen molar-refractivity contribution < 1.29 is 14.3 Å². The number of aromatic nitrogens is 2. The molecule has 1 fully saturated rings. The monoisotopic (exact) mass is 521 g/mol. The minimum absolute atomic E-state index is 0.0422. The summed E-state index contributed by atoms with van der Waals surface area (Å²) in [6.07, 6.45) is 1.94. The minimum atomic E-state index is -0.0422. The second-order valence-electron chi connectivity index (χ2n) is 8.71. The topological polar surface area (TPSA) is 56.6 Å². The van der Waals surface area contributed by atoms with Gasteiger partial charge in [0.2, 0.25) is 5.88 Å². The lowest BCUT2D eigenvalue weighted by Gasteiger charge is -2.23. The molecule has 0 unspecified atom stereocenters. The van der Waals surface area contributed by atoms with Gasteiger partial charge in [-0.05, 0) is 86.5 Å². The van der Waals surface area contributed by atoms with Gasteiger partial charge in [-0.3, -0.25) is 4.79 Å². The van der Waals surface area contributed by atoms with Crippen molar-refractivity contribution in [1.82, 2.24) is 14.7 Å². The summed E-state index contributed by atoms with van der Waals surface area (Å²) >= 11 is 12.3. The quantitative estimate of drug-likeness (QED) is 0.248. The van der Waals surface area contributed by atoms with Gasteiger partial charge in [0.15, 0.2) is 0 Å². The third kappa shape index (κ3) is 5.20. The van der Waals surface area contributed by atoms with Crippen molar-refractivity contribution in [3.8, 4) is 23.1 Å². The standard InChI is InChI=1S/C28H25Cl2N3O3/c1-18-26(17-32(22-10-11-22)27(34)19-6-8-20(29)9-7-19)28(36-25-14-12-24(35-2)13-15-25)33(31-18)23-5-3-4-21(30)16-23/h3-9,12-16,22H,10-11,17H2,1-2H3. The highest BCUT2D eigenvalue weighted by Crippen LogP contribution is 2.36. The summed E-state index contributed by atoms with van der Waals surface area (Å²) in [4.78, 5) is 15.4. The minimum Gasteiger partial charge on any atom is -0.497 e. The molecule has 0 radical (unpaired) electrons. The SMILES string of the molecule is COc1ccc(Oc2c(CN(C(=O)c3ccc(Cl)cc3)C3CC3)c(C)nn2-c2cccc(Cl)c2)cc1. The molecular formula is C28H25Cl2N3O3. The smallest absolute Gasteiger partial charge is 0.254 e. The van der Waals surface area contributed by atoms with E-state index in [1.165, 1.54) is 0 Å².